The van der Waals surface area contributed by atoms with E-state index in [1.54, 1.807) is 18.2 Å². The molecule has 0 amide bonds. The molecule has 15 heavy (non-hydrogen) atoms. The second-order valence-electron chi connectivity index (χ2n) is 3.46. The SMILES string of the molecule is CCCCC(C#N)c1c(Cl)cccc1Cl. The third-order valence-electron chi connectivity index (χ3n) is 2.35. The van der Waals surface area contributed by atoms with Crippen LogP contribution in [0.5, 0.6) is 0 Å². The van der Waals surface area contributed by atoms with E-state index in [4.69, 9.17) is 28.5 Å². The molecule has 0 aliphatic rings. The van der Waals surface area contributed by atoms with Gasteiger partial charge in [0.1, 0.15) is 0 Å². The van der Waals surface area contributed by atoms with Crippen LogP contribution >= 0.6 is 23.2 Å². The van der Waals surface area contributed by atoms with Crippen molar-refractivity contribution >= 4 is 23.2 Å². The van der Waals surface area contributed by atoms with E-state index >= 15 is 0 Å². The summed E-state index contributed by atoms with van der Waals surface area (Å²) in [5.41, 5.74) is 0.775. The standard InChI is InChI=1S/C12H13Cl2N/c1-2-3-5-9(8-15)12-10(13)6-4-7-11(12)14/h4,6-7,9H,2-3,5H2,1H3. The maximum absolute atomic E-state index is 9.09. The smallest absolute Gasteiger partial charge is 0.0742 e. The van der Waals surface area contributed by atoms with Crippen LogP contribution < -0.4 is 0 Å². The van der Waals surface area contributed by atoms with Gasteiger partial charge in [-0.25, -0.2) is 0 Å². The third kappa shape index (κ3) is 3.12. The van der Waals surface area contributed by atoms with E-state index in [2.05, 4.69) is 13.0 Å². The molecule has 0 radical (unpaired) electrons. The van der Waals surface area contributed by atoms with Gasteiger partial charge in [0.15, 0.2) is 0 Å². The Bertz CT molecular complexity index is 348. The summed E-state index contributed by atoms with van der Waals surface area (Å²) in [6.45, 7) is 2.10. The fraction of sp³-hybridized carbons (Fsp3) is 0.417. The number of hydrogen-bond donors (Lipinski definition) is 0. The van der Waals surface area contributed by atoms with Gasteiger partial charge in [-0.15, -0.1) is 0 Å². The molecule has 0 heterocycles. The summed E-state index contributed by atoms with van der Waals surface area (Å²) in [5, 5.41) is 10.3. The van der Waals surface area contributed by atoms with E-state index < -0.39 is 0 Å². The van der Waals surface area contributed by atoms with Crippen LogP contribution in [0.25, 0.3) is 0 Å². The van der Waals surface area contributed by atoms with Crippen molar-refractivity contribution in [1.29, 1.82) is 5.26 Å². The second-order valence-corrected chi connectivity index (χ2v) is 4.27. The van der Waals surface area contributed by atoms with Gasteiger partial charge < -0.3 is 0 Å². The van der Waals surface area contributed by atoms with Crippen LogP contribution in [0, 0.1) is 11.3 Å². The average Bonchev–Trinajstić information content (AvgIpc) is 2.22. The zero-order chi connectivity index (χ0) is 11.3. The van der Waals surface area contributed by atoms with Crippen molar-refractivity contribution in [1.82, 2.24) is 0 Å². The zero-order valence-electron chi connectivity index (χ0n) is 8.63. The molecule has 1 nitrogen and oxygen atoms in total. The third-order valence-corrected chi connectivity index (χ3v) is 3.01. The molecule has 1 unspecified atom stereocenters. The molecule has 1 aromatic rings. The molecular weight excluding hydrogens is 229 g/mol. The first-order valence-electron chi connectivity index (χ1n) is 5.04. The summed E-state index contributed by atoms with van der Waals surface area (Å²) in [6.07, 6.45) is 2.90. The van der Waals surface area contributed by atoms with E-state index in [-0.39, 0.29) is 5.92 Å². The Labute approximate surface area is 101 Å². The number of unbranched alkanes of at least 4 members (excludes halogenated alkanes) is 1. The first-order chi connectivity index (χ1) is 7.20. The van der Waals surface area contributed by atoms with Crippen LogP contribution in [0.15, 0.2) is 18.2 Å². The monoisotopic (exact) mass is 241 g/mol. The highest BCUT2D eigenvalue weighted by atomic mass is 35.5. The van der Waals surface area contributed by atoms with Crippen LogP contribution in [0.2, 0.25) is 10.0 Å². The van der Waals surface area contributed by atoms with Gasteiger partial charge in [0.05, 0.1) is 12.0 Å². The number of halogens is 2. The van der Waals surface area contributed by atoms with E-state index in [1.165, 1.54) is 0 Å². The Kier molecular flexibility index (Phi) is 4.94. The topological polar surface area (TPSA) is 23.8 Å². The van der Waals surface area contributed by atoms with E-state index in [0.29, 0.717) is 10.0 Å². The van der Waals surface area contributed by atoms with Crippen molar-refractivity contribution in [3.8, 4) is 6.07 Å². The molecule has 0 aliphatic carbocycles. The van der Waals surface area contributed by atoms with Gasteiger partial charge in [-0.3, -0.25) is 0 Å². The molecular formula is C12H13Cl2N. The predicted octanol–water partition coefficient (Wildman–Crippen LogP) is 4.79. The van der Waals surface area contributed by atoms with Gasteiger partial charge in [0.25, 0.3) is 0 Å². The summed E-state index contributed by atoms with van der Waals surface area (Å²) in [4.78, 5) is 0. The maximum atomic E-state index is 9.09. The lowest BCUT2D eigenvalue weighted by Gasteiger charge is -2.12. The van der Waals surface area contributed by atoms with Crippen molar-refractivity contribution in [3.63, 3.8) is 0 Å². The Morgan fingerprint density at radius 1 is 1.33 bits per heavy atom. The highest BCUT2D eigenvalue weighted by Gasteiger charge is 2.16. The van der Waals surface area contributed by atoms with Gasteiger partial charge in [-0.1, -0.05) is 49.0 Å². The molecule has 0 aromatic heterocycles. The molecule has 1 atom stereocenters. The summed E-state index contributed by atoms with van der Waals surface area (Å²) >= 11 is 12.1. The number of benzene rings is 1. The molecule has 3 heteroatoms. The molecule has 0 bridgehead atoms. The second kappa shape index (κ2) is 6.00. The maximum Gasteiger partial charge on any atom is 0.0742 e. The van der Waals surface area contributed by atoms with Crippen molar-refractivity contribution in [2.45, 2.75) is 32.1 Å². The normalized spacial score (nSPS) is 12.1. The van der Waals surface area contributed by atoms with Crippen molar-refractivity contribution < 1.29 is 0 Å². The molecule has 0 aliphatic heterocycles. The van der Waals surface area contributed by atoms with Crippen molar-refractivity contribution in [3.05, 3.63) is 33.8 Å². The summed E-state index contributed by atoms with van der Waals surface area (Å²) in [5.74, 6) is -0.189. The lowest BCUT2D eigenvalue weighted by atomic mass is 9.95. The Morgan fingerprint density at radius 2 is 1.93 bits per heavy atom. The molecule has 0 saturated heterocycles. The zero-order valence-corrected chi connectivity index (χ0v) is 10.1. The lowest BCUT2D eigenvalue weighted by Crippen LogP contribution is -1.98. The summed E-state index contributed by atoms with van der Waals surface area (Å²) in [6, 6.07) is 7.61. The largest absolute Gasteiger partial charge is 0.198 e. The van der Waals surface area contributed by atoms with E-state index in [9.17, 15) is 0 Å². The van der Waals surface area contributed by atoms with Gasteiger partial charge in [0, 0.05) is 15.6 Å². The van der Waals surface area contributed by atoms with Crippen LogP contribution in [-0.2, 0) is 0 Å². The van der Waals surface area contributed by atoms with Gasteiger partial charge in [-0.05, 0) is 18.6 Å². The highest BCUT2D eigenvalue weighted by molar-refractivity contribution is 6.36. The van der Waals surface area contributed by atoms with Gasteiger partial charge >= 0.3 is 0 Å². The number of nitrogens with zero attached hydrogens (tertiary/aromatic N) is 1. The fourth-order valence-electron chi connectivity index (χ4n) is 1.53. The lowest BCUT2D eigenvalue weighted by molar-refractivity contribution is 0.671. The van der Waals surface area contributed by atoms with Crippen LogP contribution in [0.3, 0.4) is 0 Å². The molecule has 0 fully saturated rings. The number of rotatable bonds is 4. The van der Waals surface area contributed by atoms with E-state index in [0.717, 1.165) is 24.8 Å². The molecule has 0 N–H and O–H groups in total. The van der Waals surface area contributed by atoms with Crippen LogP contribution in [0.4, 0.5) is 0 Å². The first-order valence-corrected chi connectivity index (χ1v) is 5.79. The molecule has 1 rings (SSSR count). The van der Waals surface area contributed by atoms with Crippen molar-refractivity contribution in [2.75, 3.05) is 0 Å². The average molecular weight is 242 g/mol. The minimum atomic E-state index is -0.189. The summed E-state index contributed by atoms with van der Waals surface area (Å²) in [7, 11) is 0. The Morgan fingerprint density at radius 3 is 2.40 bits per heavy atom. The van der Waals surface area contributed by atoms with E-state index in [1.807, 2.05) is 0 Å². The van der Waals surface area contributed by atoms with Gasteiger partial charge in [0.2, 0.25) is 0 Å². The minimum absolute atomic E-state index is 0.189. The van der Waals surface area contributed by atoms with Crippen molar-refractivity contribution in [2.24, 2.45) is 0 Å². The highest BCUT2D eigenvalue weighted by Crippen LogP contribution is 2.33. The number of hydrogen-bond acceptors (Lipinski definition) is 1. The minimum Gasteiger partial charge on any atom is -0.198 e. The van der Waals surface area contributed by atoms with Crippen LogP contribution in [-0.4, -0.2) is 0 Å². The van der Waals surface area contributed by atoms with Gasteiger partial charge in [-0.2, -0.15) is 5.26 Å². The fourth-order valence-corrected chi connectivity index (χ4v) is 2.19. The quantitative estimate of drug-likeness (QED) is 0.744. The summed E-state index contributed by atoms with van der Waals surface area (Å²) < 4.78 is 0. The molecule has 80 valence electrons. The molecule has 0 spiro atoms. The van der Waals surface area contributed by atoms with Crippen LogP contribution in [0.1, 0.15) is 37.7 Å². The molecule has 1 aromatic carbocycles. The number of nitriles is 1. The molecule has 0 saturated carbocycles. The first kappa shape index (κ1) is 12.4. The Balaban J connectivity index is 2.97. The predicted molar refractivity (Wildman–Crippen MR) is 64.3 cm³/mol. The Hall–Kier alpha value is -0.710.